The Morgan fingerprint density at radius 3 is 2.73 bits per heavy atom. The predicted molar refractivity (Wildman–Crippen MR) is 116 cm³/mol. The van der Waals surface area contributed by atoms with E-state index in [0.717, 1.165) is 55.5 Å². The number of nitrogens with zero attached hydrogens (tertiary/aromatic N) is 3. The summed E-state index contributed by atoms with van der Waals surface area (Å²) in [6.45, 7) is 4.64. The summed E-state index contributed by atoms with van der Waals surface area (Å²) in [5.74, 6) is 2.85. The highest BCUT2D eigenvalue weighted by atomic mass is 127. The van der Waals surface area contributed by atoms with Gasteiger partial charge >= 0.3 is 0 Å². The second-order valence-electron chi connectivity index (χ2n) is 5.91. The molecule has 0 aliphatic heterocycles. The van der Waals surface area contributed by atoms with Crippen LogP contribution in [0.2, 0.25) is 0 Å². The van der Waals surface area contributed by atoms with Crippen molar-refractivity contribution in [3.8, 4) is 0 Å². The van der Waals surface area contributed by atoms with E-state index in [4.69, 9.17) is 4.42 Å². The van der Waals surface area contributed by atoms with Crippen LogP contribution in [-0.2, 0) is 13.0 Å². The summed E-state index contributed by atoms with van der Waals surface area (Å²) in [6.07, 6.45) is 3.54. The third-order valence-corrected chi connectivity index (χ3v) is 4.16. The molecular weight excluding hydrogens is 441 g/mol. The van der Waals surface area contributed by atoms with Gasteiger partial charge in [0.1, 0.15) is 11.6 Å². The van der Waals surface area contributed by atoms with Crippen LogP contribution in [0.3, 0.4) is 0 Å². The number of fused-ring (bicyclic) bond motifs is 1. The van der Waals surface area contributed by atoms with Crippen LogP contribution in [0.25, 0.3) is 11.0 Å². The summed E-state index contributed by atoms with van der Waals surface area (Å²) in [7, 11) is 1.79. The number of imidazole rings is 1. The number of aryl methyl sites for hydroxylation is 2. The van der Waals surface area contributed by atoms with Crippen LogP contribution in [0.1, 0.15) is 18.0 Å². The van der Waals surface area contributed by atoms with Crippen LogP contribution in [0.4, 0.5) is 0 Å². The maximum Gasteiger partial charge on any atom is 0.190 e. The number of para-hydroxylation sites is 2. The Morgan fingerprint density at radius 1 is 1.15 bits per heavy atom. The molecule has 0 aliphatic rings. The number of guanidine groups is 1. The van der Waals surface area contributed by atoms with Crippen LogP contribution >= 0.6 is 24.0 Å². The molecule has 0 amide bonds. The second-order valence-corrected chi connectivity index (χ2v) is 5.91. The van der Waals surface area contributed by atoms with E-state index in [1.807, 2.05) is 18.2 Å². The summed E-state index contributed by atoms with van der Waals surface area (Å²) < 4.78 is 7.59. The van der Waals surface area contributed by atoms with Gasteiger partial charge < -0.3 is 19.6 Å². The maximum absolute atomic E-state index is 5.33. The summed E-state index contributed by atoms with van der Waals surface area (Å²) in [5.41, 5.74) is 2.25. The van der Waals surface area contributed by atoms with Gasteiger partial charge in [0, 0.05) is 33.1 Å². The zero-order valence-corrected chi connectivity index (χ0v) is 17.6. The standard InChI is InChI=1S/C19H25N5O.HI/c1-15-23-17-8-3-4-9-18(17)24(15)13-6-11-21-19(20-2)22-12-10-16-7-5-14-25-16;/h3-5,7-9,14H,6,10-13H2,1-2H3,(H2,20,21,22);1H. The molecule has 2 aromatic heterocycles. The predicted octanol–water partition coefficient (Wildman–Crippen LogP) is 3.35. The molecule has 140 valence electrons. The molecular formula is C19H26IN5O. The van der Waals surface area contributed by atoms with Crippen molar-refractivity contribution in [2.45, 2.75) is 26.3 Å². The van der Waals surface area contributed by atoms with Gasteiger partial charge in [-0.25, -0.2) is 4.98 Å². The van der Waals surface area contributed by atoms with Crippen LogP contribution < -0.4 is 10.6 Å². The molecule has 0 saturated carbocycles. The first-order chi connectivity index (χ1) is 12.3. The van der Waals surface area contributed by atoms with Gasteiger partial charge in [-0.15, -0.1) is 24.0 Å². The minimum Gasteiger partial charge on any atom is -0.469 e. The lowest BCUT2D eigenvalue weighted by molar-refractivity contribution is 0.506. The first kappa shape index (κ1) is 20.3. The Balaban J connectivity index is 0.00000243. The van der Waals surface area contributed by atoms with E-state index < -0.39 is 0 Å². The van der Waals surface area contributed by atoms with Crippen molar-refractivity contribution in [1.82, 2.24) is 20.2 Å². The number of benzene rings is 1. The molecule has 3 rings (SSSR count). The van der Waals surface area contributed by atoms with Gasteiger partial charge in [-0.2, -0.15) is 0 Å². The lowest BCUT2D eigenvalue weighted by Gasteiger charge is -2.12. The van der Waals surface area contributed by atoms with Crippen LogP contribution in [0, 0.1) is 6.92 Å². The monoisotopic (exact) mass is 467 g/mol. The van der Waals surface area contributed by atoms with Gasteiger partial charge in [-0.1, -0.05) is 12.1 Å². The highest BCUT2D eigenvalue weighted by Crippen LogP contribution is 2.15. The first-order valence-corrected chi connectivity index (χ1v) is 8.66. The van der Waals surface area contributed by atoms with E-state index in [-0.39, 0.29) is 24.0 Å². The topological polar surface area (TPSA) is 67.4 Å². The smallest absolute Gasteiger partial charge is 0.190 e. The van der Waals surface area contributed by atoms with Gasteiger partial charge in [0.25, 0.3) is 0 Å². The number of hydrogen-bond acceptors (Lipinski definition) is 3. The molecule has 0 saturated heterocycles. The molecule has 0 bridgehead atoms. The molecule has 0 spiro atoms. The normalized spacial score (nSPS) is 11.4. The van der Waals surface area contributed by atoms with E-state index in [9.17, 15) is 0 Å². The number of furan rings is 1. The van der Waals surface area contributed by atoms with Crippen LogP contribution in [0.5, 0.6) is 0 Å². The van der Waals surface area contributed by atoms with Crippen LogP contribution in [0.15, 0.2) is 52.1 Å². The minimum atomic E-state index is 0. The molecule has 7 heteroatoms. The Morgan fingerprint density at radius 2 is 1.96 bits per heavy atom. The van der Waals surface area contributed by atoms with Crippen molar-refractivity contribution in [2.75, 3.05) is 20.1 Å². The summed E-state index contributed by atoms with van der Waals surface area (Å²) in [6, 6.07) is 12.2. The maximum atomic E-state index is 5.33. The molecule has 0 atom stereocenters. The molecule has 0 fully saturated rings. The second kappa shape index (κ2) is 10.2. The van der Waals surface area contributed by atoms with Gasteiger partial charge in [0.15, 0.2) is 5.96 Å². The van der Waals surface area contributed by atoms with Crippen molar-refractivity contribution in [2.24, 2.45) is 4.99 Å². The van der Waals surface area contributed by atoms with E-state index in [1.54, 1.807) is 13.3 Å². The molecule has 6 nitrogen and oxygen atoms in total. The molecule has 2 N–H and O–H groups in total. The SMILES string of the molecule is CN=C(NCCCn1c(C)nc2ccccc21)NCCc1ccco1.I. The lowest BCUT2D eigenvalue weighted by Crippen LogP contribution is -2.38. The quantitative estimate of drug-likeness (QED) is 0.242. The Bertz CT molecular complexity index is 826. The summed E-state index contributed by atoms with van der Waals surface area (Å²) in [5, 5.41) is 6.66. The fourth-order valence-electron chi connectivity index (χ4n) is 2.90. The van der Waals surface area contributed by atoms with Gasteiger partial charge in [-0.05, 0) is 37.6 Å². The minimum absolute atomic E-state index is 0. The van der Waals surface area contributed by atoms with E-state index >= 15 is 0 Å². The highest BCUT2D eigenvalue weighted by molar-refractivity contribution is 14.0. The van der Waals surface area contributed by atoms with E-state index in [2.05, 4.69) is 50.3 Å². The van der Waals surface area contributed by atoms with E-state index in [0.29, 0.717) is 0 Å². The van der Waals surface area contributed by atoms with Gasteiger partial charge in [-0.3, -0.25) is 4.99 Å². The van der Waals surface area contributed by atoms with Crippen molar-refractivity contribution in [3.05, 3.63) is 54.2 Å². The van der Waals surface area contributed by atoms with Crippen molar-refractivity contribution in [1.29, 1.82) is 0 Å². The molecule has 26 heavy (non-hydrogen) atoms. The number of nitrogens with one attached hydrogen (secondary N) is 2. The molecule has 0 unspecified atom stereocenters. The molecule has 0 aliphatic carbocycles. The van der Waals surface area contributed by atoms with Crippen molar-refractivity contribution >= 4 is 41.0 Å². The molecule has 2 heterocycles. The fourth-order valence-corrected chi connectivity index (χ4v) is 2.90. The molecule has 0 radical (unpaired) electrons. The first-order valence-electron chi connectivity index (χ1n) is 8.66. The van der Waals surface area contributed by atoms with Crippen molar-refractivity contribution in [3.63, 3.8) is 0 Å². The fraction of sp³-hybridized carbons (Fsp3) is 0.368. The molecule has 3 aromatic rings. The summed E-state index contributed by atoms with van der Waals surface area (Å²) in [4.78, 5) is 8.86. The Kier molecular flexibility index (Phi) is 7.96. The Labute approximate surface area is 171 Å². The summed E-state index contributed by atoms with van der Waals surface area (Å²) >= 11 is 0. The van der Waals surface area contributed by atoms with Crippen molar-refractivity contribution < 1.29 is 4.42 Å². The van der Waals surface area contributed by atoms with Crippen LogP contribution in [-0.4, -0.2) is 35.6 Å². The highest BCUT2D eigenvalue weighted by Gasteiger charge is 2.06. The third kappa shape index (κ3) is 5.23. The third-order valence-electron chi connectivity index (χ3n) is 4.16. The lowest BCUT2D eigenvalue weighted by atomic mass is 10.3. The zero-order chi connectivity index (χ0) is 17.5. The number of halogens is 1. The number of rotatable bonds is 7. The average Bonchev–Trinajstić information content (AvgIpc) is 3.24. The van der Waals surface area contributed by atoms with Gasteiger partial charge in [0.05, 0.1) is 17.3 Å². The number of aromatic nitrogens is 2. The number of aliphatic imine (C=N–C) groups is 1. The number of hydrogen-bond donors (Lipinski definition) is 2. The Hall–Kier alpha value is -2.03. The average molecular weight is 467 g/mol. The van der Waals surface area contributed by atoms with Gasteiger partial charge in [0.2, 0.25) is 0 Å². The zero-order valence-electron chi connectivity index (χ0n) is 15.2. The largest absolute Gasteiger partial charge is 0.469 e. The molecule has 1 aromatic carbocycles. The van der Waals surface area contributed by atoms with E-state index in [1.165, 1.54) is 5.52 Å².